The number of carbonyl (C=O) groups excluding carboxylic acids is 2. The van der Waals surface area contributed by atoms with Gasteiger partial charge in [-0.1, -0.05) is 6.07 Å². The second kappa shape index (κ2) is 6.29. The number of hydrogen-bond acceptors (Lipinski definition) is 4. The Labute approximate surface area is 132 Å². The molecular formula is C16H16N2O3S. The van der Waals surface area contributed by atoms with Crippen LogP contribution in [0.5, 0.6) is 0 Å². The highest BCUT2D eigenvalue weighted by atomic mass is 32.1. The van der Waals surface area contributed by atoms with Gasteiger partial charge in [-0.2, -0.15) is 11.3 Å². The fraction of sp³-hybridized carbons (Fsp3) is 0.250. The molecule has 1 unspecified atom stereocenters. The number of benzene rings is 1. The molecule has 5 nitrogen and oxygen atoms in total. The molecule has 1 aromatic heterocycles. The summed E-state index contributed by atoms with van der Waals surface area (Å²) in [4.78, 5) is 25.6. The van der Waals surface area contributed by atoms with Crippen LogP contribution in [0.1, 0.15) is 32.4 Å². The summed E-state index contributed by atoms with van der Waals surface area (Å²) >= 11 is 1.61. The molecule has 2 amide bonds. The molecule has 114 valence electrons. The van der Waals surface area contributed by atoms with Crippen molar-refractivity contribution < 1.29 is 14.3 Å². The highest BCUT2D eigenvalue weighted by Crippen LogP contribution is 2.25. The van der Waals surface area contributed by atoms with Crippen molar-refractivity contribution in [2.45, 2.75) is 6.10 Å². The van der Waals surface area contributed by atoms with Gasteiger partial charge in [0.2, 0.25) is 5.91 Å². The van der Waals surface area contributed by atoms with Crippen LogP contribution in [0.25, 0.3) is 0 Å². The van der Waals surface area contributed by atoms with E-state index in [1.165, 1.54) is 0 Å². The zero-order valence-electron chi connectivity index (χ0n) is 11.9. The standard InChI is InChI=1S/C16H16N2O3S/c17-15(19)11-2-1-3-12(8-11)16(20)18-5-6-21-14(9-18)13-4-7-22-10-13/h1-4,7-8,10,14H,5-6,9H2,(H2,17,19). The molecule has 0 spiro atoms. The van der Waals surface area contributed by atoms with Gasteiger partial charge in [0, 0.05) is 17.7 Å². The highest BCUT2D eigenvalue weighted by molar-refractivity contribution is 7.07. The number of nitrogens with two attached hydrogens (primary N) is 1. The molecule has 1 saturated heterocycles. The number of ether oxygens (including phenoxy) is 1. The number of primary amides is 1. The molecule has 22 heavy (non-hydrogen) atoms. The van der Waals surface area contributed by atoms with E-state index in [4.69, 9.17) is 10.5 Å². The Bertz CT molecular complexity index is 684. The second-order valence-corrected chi connectivity index (χ2v) is 5.89. The molecule has 0 saturated carbocycles. The third-order valence-corrected chi connectivity index (χ3v) is 4.36. The Morgan fingerprint density at radius 3 is 2.82 bits per heavy atom. The molecule has 1 fully saturated rings. The smallest absolute Gasteiger partial charge is 0.254 e. The summed E-state index contributed by atoms with van der Waals surface area (Å²) in [5, 5.41) is 4.03. The maximum atomic E-state index is 12.6. The third-order valence-electron chi connectivity index (χ3n) is 3.66. The van der Waals surface area contributed by atoms with E-state index in [0.29, 0.717) is 30.8 Å². The minimum atomic E-state index is -0.534. The normalized spacial score (nSPS) is 18.2. The molecule has 0 bridgehead atoms. The van der Waals surface area contributed by atoms with Crippen molar-refractivity contribution in [3.05, 3.63) is 57.8 Å². The van der Waals surface area contributed by atoms with Crippen molar-refractivity contribution in [1.29, 1.82) is 0 Å². The lowest BCUT2D eigenvalue weighted by atomic mass is 10.1. The number of hydrogen-bond donors (Lipinski definition) is 1. The first kappa shape index (κ1) is 14.7. The summed E-state index contributed by atoms with van der Waals surface area (Å²) in [7, 11) is 0. The van der Waals surface area contributed by atoms with E-state index in [1.807, 2.05) is 16.8 Å². The van der Waals surface area contributed by atoms with Crippen LogP contribution in [0.3, 0.4) is 0 Å². The highest BCUT2D eigenvalue weighted by Gasteiger charge is 2.26. The summed E-state index contributed by atoms with van der Waals surface area (Å²) in [5.41, 5.74) is 7.17. The number of nitrogens with zero attached hydrogens (tertiary/aromatic N) is 1. The first-order chi connectivity index (χ1) is 10.6. The van der Waals surface area contributed by atoms with Crippen LogP contribution in [0, 0.1) is 0 Å². The van der Waals surface area contributed by atoms with Crippen molar-refractivity contribution in [3.8, 4) is 0 Å². The zero-order valence-corrected chi connectivity index (χ0v) is 12.7. The van der Waals surface area contributed by atoms with Gasteiger partial charge in [0.25, 0.3) is 5.91 Å². The van der Waals surface area contributed by atoms with Gasteiger partial charge in [0.05, 0.1) is 13.2 Å². The van der Waals surface area contributed by atoms with Crippen LogP contribution in [0.2, 0.25) is 0 Å². The van der Waals surface area contributed by atoms with Crippen LogP contribution < -0.4 is 5.73 Å². The minimum absolute atomic E-state index is 0.0942. The molecule has 1 aromatic carbocycles. The predicted octanol–water partition coefficient (Wildman–Crippen LogP) is 2.06. The molecule has 1 aliphatic heterocycles. The van der Waals surface area contributed by atoms with Crippen LogP contribution in [-0.2, 0) is 4.74 Å². The van der Waals surface area contributed by atoms with Gasteiger partial charge in [-0.25, -0.2) is 0 Å². The fourth-order valence-corrected chi connectivity index (χ4v) is 3.18. The van der Waals surface area contributed by atoms with Gasteiger partial charge >= 0.3 is 0 Å². The molecule has 2 aromatic rings. The third kappa shape index (κ3) is 3.03. The lowest BCUT2D eigenvalue weighted by Gasteiger charge is -2.32. The summed E-state index contributed by atoms with van der Waals surface area (Å²) in [5.74, 6) is -0.639. The molecule has 3 rings (SSSR count). The quantitative estimate of drug-likeness (QED) is 0.942. The van der Waals surface area contributed by atoms with Gasteiger partial charge in [-0.15, -0.1) is 0 Å². The Balaban J connectivity index is 1.77. The fourth-order valence-electron chi connectivity index (χ4n) is 2.48. The Hall–Kier alpha value is -2.18. The van der Waals surface area contributed by atoms with E-state index in [-0.39, 0.29) is 12.0 Å². The Kier molecular flexibility index (Phi) is 4.22. The average molecular weight is 316 g/mol. The van der Waals surface area contributed by atoms with Gasteiger partial charge in [0.15, 0.2) is 0 Å². The molecule has 6 heteroatoms. The maximum absolute atomic E-state index is 12.6. The van der Waals surface area contributed by atoms with Gasteiger partial charge in [-0.3, -0.25) is 9.59 Å². The molecule has 2 heterocycles. The van der Waals surface area contributed by atoms with E-state index >= 15 is 0 Å². The lowest BCUT2D eigenvalue weighted by molar-refractivity contribution is -0.0226. The number of rotatable bonds is 3. The number of amides is 2. The van der Waals surface area contributed by atoms with Crippen LogP contribution >= 0.6 is 11.3 Å². The average Bonchev–Trinajstić information content (AvgIpc) is 3.09. The van der Waals surface area contributed by atoms with Crippen molar-refractivity contribution in [2.75, 3.05) is 19.7 Å². The van der Waals surface area contributed by atoms with E-state index in [2.05, 4.69) is 0 Å². The SMILES string of the molecule is NC(=O)c1cccc(C(=O)N2CCOC(c3ccsc3)C2)c1. The van der Waals surface area contributed by atoms with Crippen molar-refractivity contribution in [2.24, 2.45) is 5.73 Å². The van der Waals surface area contributed by atoms with Crippen LogP contribution in [0.15, 0.2) is 41.1 Å². The second-order valence-electron chi connectivity index (χ2n) is 5.11. The molecule has 2 N–H and O–H groups in total. The Morgan fingerprint density at radius 1 is 1.27 bits per heavy atom. The van der Waals surface area contributed by atoms with E-state index in [0.717, 1.165) is 5.56 Å². The van der Waals surface area contributed by atoms with Crippen molar-refractivity contribution in [3.63, 3.8) is 0 Å². The van der Waals surface area contributed by atoms with E-state index in [1.54, 1.807) is 40.5 Å². The first-order valence-electron chi connectivity index (χ1n) is 6.98. The van der Waals surface area contributed by atoms with Gasteiger partial charge in [-0.05, 0) is 40.6 Å². The lowest BCUT2D eigenvalue weighted by Crippen LogP contribution is -2.42. The Morgan fingerprint density at radius 2 is 2.09 bits per heavy atom. The number of thiophene rings is 1. The van der Waals surface area contributed by atoms with Crippen LogP contribution in [0.4, 0.5) is 0 Å². The molecule has 0 aliphatic carbocycles. The van der Waals surface area contributed by atoms with Crippen LogP contribution in [-0.4, -0.2) is 36.4 Å². The summed E-state index contributed by atoms with van der Waals surface area (Å²) in [6.07, 6.45) is -0.0942. The number of carbonyl (C=O) groups is 2. The summed E-state index contributed by atoms with van der Waals surface area (Å²) in [6, 6.07) is 8.53. The molecular weight excluding hydrogens is 300 g/mol. The summed E-state index contributed by atoms with van der Waals surface area (Å²) < 4.78 is 5.74. The first-order valence-corrected chi connectivity index (χ1v) is 7.92. The van der Waals surface area contributed by atoms with Gasteiger partial charge < -0.3 is 15.4 Å². The minimum Gasteiger partial charge on any atom is -0.370 e. The van der Waals surface area contributed by atoms with Crippen molar-refractivity contribution >= 4 is 23.2 Å². The van der Waals surface area contributed by atoms with E-state index in [9.17, 15) is 9.59 Å². The topological polar surface area (TPSA) is 72.6 Å². The van der Waals surface area contributed by atoms with Gasteiger partial charge in [0.1, 0.15) is 6.10 Å². The zero-order chi connectivity index (χ0) is 15.5. The predicted molar refractivity (Wildman–Crippen MR) is 83.9 cm³/mol. The summed E-state index contributed by atoms with van der Waals surface area (Å²) in [6.45, 7) is 1.55. The van der Waals surface area contributed by atoms with Crippen molar-refractivity contribution in [1.82, 2.24) is 4.90 Å². The maximum Gasteiger partial charge on any atom is 0.254 e. The number of morpholine rings is 1. The monoisotopic (exact) mass is 316 g/mol. The van der Waals surface area contributed by atoms with E-state index < -0.39 is 5.91 Å². The molecule has 1 atom stereocenters. The molecule has 1 aliphatic rings. The molecule has 0 radical (unpaired) electrons. The largest absolute Gasteiger partial charge is 0.370 e.